The van der Waals surface area contributed by atoms with Crippen LogP contribution in [0.1, 0.15) is 24.5 Å². The minimum absolute atomic E-state index is 0.152. The van der Waals surface area contributed by atoms with Gasteiger partial charge in [0.1, 0.15) is 17.6 Å². The van der Waals surface area contributed by atoms with Crippen molar-refractivity contribution in [2.45, 2.75) is 37.8 Å². The van der Waals surface area contributed by atoms with Crippen molar-refractivity contribution >= 4 is 24.0 Å². The number of hydrogen-bond donors (Lipinski definition) is 0. The lowest BCUT2D eigenvalue weighted by atomic mass is 9.95. The SMILES string of the molecule is COCC1COC(CC2(C)N=CC=N2)(c2ccc(Oc3ccc(Cl)c(C)c3)cc2)O1. The molecule has 2 aromatic carbocycles. The fourth-order valence-corrected chi connectivity index (χ4v) is 3.84. The predicted octanol–water partition coefficient (Wildman–Crippen LogP) is 4.92. The Morgan fingerprint density at radius 2 is 1.80 bits per heavy atom. The van der Waals surface area contributed by atoms with Gasteiger partial charge in [-0.1, -0.05) is 11.6 Å². The van der Waals surface area contributed by atoms with Gasteiger partial charge in [-0.3, -0.25) is 9.98 Å². The minimum atomic E-state index is -0.952. The smallest absolute Gasteiger partial charge is 0.199 e. The second-order valence-corrected chi connectivity index (χ2v) is 8.15. The van der Waals surface area contributed by atoms with Gasteiger partial charge in [-0.15, -0.1) is 0 Å². The van der Waals surface area contributed by atoms with E-state index < -0.39 is 11.4 Å². The Balaban J connectivity index is 1.57. The van der Waals surface area contributed by atoms with Gasteiger partial charge in [-0.25, -0.2) is 0 Å². The lowest BCUT2D eigenvalue weighted by molar-refractivity contribution is -0.193. The van der Waals surface area contributed by atoms with E-state index in [0.717, 1.165) is 16.9 Å². The van der Waals surface area contributed by atoms with Crippen LogP contribution in [0.15, 0.2) is 52.4 Å². The van der Waals surface area contributed by atoms with Gasteiger partial charge >= 0.3 is 0 Å². The molecule has 7 heteroatoms. The zero-order valence-corrected chi connectivity index (χ0v) is 18.1. The van der Waals surface area contributed by atoms with E-state index in [9.17, 15) is 0 Å². The third-order valence-corrected chi connectivity index (χ3v) is 5.63. The second kappa shape index (κ2) is 8.47. The van der Waals surface area contributed by atoms with Gasteiger partial charge in [0.2, 0.25) is 0 Å². The summed E-state index contributed by atoms with van der Waals surface area (Å²) in [6, 6.07) is 13.3. The van der Waals surface area contributed by atoms with Gasteiger partial charge in [0.05, 0.1) is 19.6 Å². The summed E-state index contributed by atoms with van der Waals surface area (Å²) < 4.78 is 23.8. The lowest BCUT2D eigenvalue weighted by Gasteiger charge is -2.33. The molecular weight excluding hydrogens is 404 g/mol. The predicted molar refractivity (Wildman–Crippen MR) is 117 cm³/mol. The third kappa shape index (κ3) is 4.42. The standard InChI is InChI=1S/C23H25ClN2O4/c1-16-12-19(8-9-21(16)24)29-18-6-4-17(5-7-18)23(15-22(2)25-10-11-26-22)28-14-20(30-23)13-27-3/h4-12,20H,13-15H2,1-3H3. The maximum atomic E-state index is 6.34. The Kier molecular flexibility index (Phi) is 5.93. The van der Waals surface area contributed by atoms with E-state index in [1.54, 1.807) is 19.5 Å². The van der Waals surface area contributed by atoms with Crippen LogP contribution in [0.3, 0.4) is 0 Å². The van der Waals surface area contributed by atoms with Crippen LogP contribution in [0.25, 0.3) is 0 Å². The highest BCUT2D eigenvalue weighted by molar-refractivity contribution is 6.31. The number of rotatable bonds is 7. The van der Waals surface area contributed by atoms with Crippen LogP contribution in [-0.4, -0.2) is 44.5 Å². The summed E-state index contributed by atoms with van der Waals surface area (Å²) in [6.07, 6.45) is 3.73. The van der Waals surface area contributed by atoms with Gasteiger partial charge in [-0.2, -0.15) is 0 Å². The molecule has 0 saturated carbocycles. The highest BCUT2D eigenvalue weighted by Gasteiger charge is 2.48. The average molecular weight is 429 g/mol. The first-order chi connectivity index (χ1) is 14.4. The Morgan fingerprint density at radius 3 is 2.47 bits per heavy atom. The summed E-state index contributed by atoms with van der Waals surface area (Å²) >= 11 is 6.10. The maximum Gasteiger partial charge on any atom is 0.199 e. The highest BCUT2D eigenvalue weighted by Crippen LogP contribution is 2.43. The highest BCUT2D eigenvalue weighted by atomic mass is 35.5. The number of hydrogen-bond acceptors (Lipinski definition) is 6. The van der Waals surface area contributed by atoms with Crippen molar-refractivity contribution in [1.29, 1.82) is 0 Å². The zero-order chi connectivity index (χ0) is 21.2. The van der Waals surface area contributed by atoms with Gasteiger partial charge in [0, 0.05) is 30.1 Å². The summed E-state index contributed by atoms with van der Waals surface area (Å²) in [5.41, 5.74) is 1.23. The molecule has 0 aromatic heterocycles. The van der Waals surface area contributed by atoms with Crippen molar-refractivity contribution in [3.8, 4) is 11.5 Å². The molecule has 0 aliphatic carbocycles. The van der Waals surface area contributed by atoms with Crippen molar-refractivity contribution in [3.05, 3.63) is 58.6 Å². The molecule has 6 nitrogen and oxygen atoms in total. The van der Waals surface area contributed by atoms with Crippen LogP contribution in [0, 0.1) is 6.92 Å². The molecule has 0 radical (unpaired) electrons. The first-order valence-corrected chi connectivity index (χ1v) is 10.2. The van der Waals surface area contributed by atoms with Crippen molar-refractivity contribution in [3.63, 3.8) is 0 Å². The minimum Gasteiger partial charge on any atom is -0.457 e. The summed E-state index contributed by atoms with van der Waals surface area (Å²) in [4.78, 5) is 8.97. The van der Waals surface area contributed by atoms with Crippen LogP contribution in [-0.2, 0) is 20.0 Å². The van der Waals surface area contributed by atoms with E-state index in [1.807, 2.05) is 56.3 Å². The van der Waals surface area contributed by atoms with Gasteiger partial charge < -0.3 is 18.9 Å². The number of benzene rings is 2. The molecule has 30 heavy (non-hydrogen) atoms. The summed E-state index contributed by atoms with van der Waals surface area (Å²) in [5.74, 6) is 0.493. The second-order valence-electron chi connectivity index (χ2n) is 7.75. The van der Waals surface area contributed by atoms with E-state index in [2.05, 4.69) is 9.98 Å². The van der Waals surface area contributed by atoms with E-state index in [4.69, 9.17) is 30.5 Å². The fourth-order valence-electron chi connectivity index (χ4n) is 3.73. The molecule has 1 fully saturated rings. The molecule has 2 unspecified atom stereocenters. The molecule has 2 atom stereocenters. The van der Waals surface area contributed by atoms with Crippen LogP contribution < -0.4 is 4.74 Å². The molecule has 2 heterocycles. The van der Waals surface area contributed by atoms with Crippen molar-refractivity contribution in [2.24, 2.45) is 9.98 Å². The van der Waals surface area contributed by atoms with Crippen LogP contribution in [0.2, 0.25) is 5.02 Å². The lowest BCUT2D eigenvalue weighted by Crippen LogP contribution is -2.37. The van der Waals surface area contributed by atoms with E-state index >= 15 is 0 Å². The molecule has 4 rings (SSSR count). The topological polar surface area (TPSA) is 61.6 Å². The number of aliphatic imine (C=N–C) groups is 2. The first-order valence-electron chi connectivity index (χ1n) is 9.86. The van der Waals surface area contributed by atoms with Crippen LogP contribution >= 0.6 is 11.6 Å². The molecule has 158 valence electrons. The molecule has 0 spiro atoms. The van der Waals surface area contributed by atoms with Crippen molar-refractivity contribution in [1.82, 2.24) is 0 Å². The first kappa shape index (κ1) is 21.0. The monoisotopic (exact) mass is 428 g/mol. The Bertz CT molecular complexity index is 948. The van der Waals surface area contributed by atoms with Crippen molar-refractivity contribution < 1.29 is 18.9 Å². The molecular formula is C23H25ClN2O4. The number of methoxy groups -OCH3 is 1. The van der Waals surface area contributed by atoms with Gasteiger partial charge in [0.25, 0.3) is 0 Å². The molecule has 2 aliphatic rings. The molecule has 0 amide bonds. The van der Waals surface area contributed by atoms with E-state index in [1.165, 1.54) is 0 Å². The number of halogens is 1. The Labute approximate surface area is 181 Å². The quantitative estimate of drug-likeness (QED) is 0.628. The zero-order valence-electron chi connectivity index (χ0n) is 17.3. The normalized spacial score (nSPS) is 24.5. The number of aryl methyl sites for hydroxylation is 1. The number of nitrogens with zero attached hydrogens (tertiary/aromatic N) is 2. The molecule has 2 aliphatic heterocycles. The summed E-state index contributed by atoms with van der Waals surface area (Å²) in [7, 11) is 1.65. The Hall–Kier alpha value is -2.25. The molecule has 0 N–H and O–H groups in total. The van der Waals surface area contributed by atoms with Crippen LogP contribution in [0.4, 0.5) is 0 Å². The van der Waals surface area contributed by atoms with Gasteiger partial charge in [-0.05, 0) is 61.9 Å². The number of ether oxygens (including phenoxy) is 4. The third-order valence-electron chi connectivity index (χ3n) is 5.21. The van der Waals surface area contributed by atoms with E-state index in [0.29, 0.717) is 30.4 Å². The van der Waals surface area contributed by atoms with Crippen LogP contribution in [0.5, 0.6) is 11.5 Å². The summed E-state index contributed by atoms with van der Waals surface area (Å²) in [5, 5.41) is 0.714. The average Bonchev–Trinajstić information content (AvgIpc) is 3.33. The summed E-state index contributed by atoms with van der Waals surface area (Å²) in [6.45, 7) is 4.81. The van der Waals surface area contributed by atoms with Crippen molar-refractivity contribution in [2.75, 3.05) is 20.3 Å². The van der Waals surface area contributed by atoms with E-state index in [-0.39, 0.29) is 6.10 Å². The largest absolute Gasteiger partial charge is 0.457 e. The maximum absolute atomic E-state index is 6.34. The molecule has 2 aromatic rings. The Morgan fingerprint density at radius 1 is 1.10 bits per heavy atom. The van der Waals surface area contributed by atoms with Gasteiger partial charge in [0.15, 0.2) is 11.4 Å². The molecule has 0 bridgehead atoms. The fraction of sp³-hybridized carbons (Fsp3) is 0.391. The molecule has 1 saturated heterocycles.